The number of hydrogen-bond acceptors (Lipinski definition) is 6. The van der Waals surface area contributed by atoms with Crippen molar-refractivity contribution in [3.63, 3.8) is 0 Å². The Bertz CT molecular complexity index is 1100. The minimum atomic E-state index is -0.799. The first-order valence-electron chi connectivity index (χ1n) is 8.82. The third-order valence-electron chi connectivity index (χ3n) is 3.64. The Labute approximate surface area is 176 Å². The topological polar surface area (TPSA) is 127 Å². The van der Waals surface area contributed by atoms with Gasteiger partial charge in [0.1, 0.15) is 11.2 Å². The van der Waals surface area contributed by atoms with Crippen LogP contribution in [0.3, 0.4) is 0 Å². The minimum absolute atomic E-state index is 0.127. The maximum atomic E-state index is 12.3. The van der Waals surface area contributed by atoms with Gasteiger partial charge in [0.05, 0.1) is 24.3 Å². The van der Waals surface area contributed by atoms with Crippen LogP contribution in [0.5, 0.6) is 0 Å². The van der Waals surface area contributed by atoms with Crippen LogP contribution in [0.25, 0.3) is 5.65 Å². The Balaban J connectivity index is 1.68. The van der Waals surface area contributed by atoms with Gasteiger partial charge in [-0.15, -0.1) is 0 Å². The molecule has 0 unspecified atom stereocenters. The van der Waals surface area contributed by atoms with Gasteiger partial charge in [0.25, 0.3) is 11.8 Å². The summed E-state index contributed by atoms with van der Waals surface area (Å²) < 4.78 is 6.37. The highest BCUT2D eigenvalue weighted by molar-refractivity contribution is 6.30. The number of benzene rings is 1. The number of hydrogen-bond donors (Lipinski definition) is 3. The van der Waals surface area contributed by atoms with Crippen molar-refractivity contribution in [3.8, 4) is 0 Å². The van der Waals surface area contributed by atoms with E-state index in [2.05, 4.69) is 26.3 Å². The first kappa shape index (κ1) is 21.1. The summed E-state index contributed by atoms with van der Waals surface area (Å²) in [5.41, 5.74) is 4.86. The molecule has 156 valence electrons. The Morgan fingerprint density at radius 2 is 1.73 bits per heavy atom. The number of hydrazine groups is 1. The molecule has 0 atom stereocenters. The van der Waals surface area contributed by atoms with Crippen molar-refractivity contribution in [1.29, 1.82) is 0 Å². The predicted molar refractivity (Wildman–Crippen MR) is 109 cm³/mol. The van der Waals surface area contributed by atoms with E-state index in [0.29, 0.717) is 16.3 Å². The highest BCUT2D eigenvalue weighted by Gasteiger charge is 2.19. The fourth-order valence-corrected chi connectivity index (χ4v) is 2.51. The molecule has 3 aromatic rings. The summed E-state index contributed by atoms with van der Waals surface area (Å²) in [7, 11) is 0. The summed E-state index contributed by atoms with van der Waals surface area (Å²) in [6.07, 6.45) is 3.39. The lowest BCUT2D eigenvalue weighted by Crippen LogP contribution is -2.44. The van der Waals surface area contributed by atoms with Crippen molar-refractivity contribution in [2.45, 2.75) is 26.4 Å². The zero-order valence-electron chi connectivity index (χ0n) is 16.4. The van der Waals surface area contributed by atoms with Gasteiger partial charge in [-0.05, 0) is 45.0 Å². The highest BCUT2D eigenvalue weighted by Crippen LogP contribution is 2.14. The molecule has 0 saturated heterocycles. The van der Waals surface area contributed by atoms with E-state index in [1.807, 2.05) is 0 Å². The number of carbonyl (C=O) groups is 3. The molecule has 3 N–H and O–H groups in total. The van der Waals surface area contributed by atoms with Gasteiger partial charge in [0.15, 0.2) is 5.65 Å². The Kier molecular flexibility index (Phi) is 5.88. The maximum Gasteiger partial charge on any atom is 0.426 e. The molecule has 2 aromatic heterocycles. The smallest absolute Gasteiger partial charge is 0.426 e. The van der Waals surface area contributed by atoms with Crippen LogP contribution in [-0.4, -0.2) is 38.1 Å². The van der Waals surface area contributed by atoms with Crippen LogP contribution >= 0.6 is 11.6 Å². The van der Waals surface area contributed by atoms with Crippen molar-refractivity contribution in [3.05, 3.63) is 59.0 Å². The van der Waals surface area contributed by atoms with Gasteiger partial charge in [0, 0.05) is 10.6 Å². The fraction of sp³-hybridized carbons (Fsp3) is 0.211. The van der Waals surface area contributed by atoms with E-state index in [4.69, 9.17) is 16.3 Å². The first-order valence-corrected chi connectivity index (χ1v) is 9.20. The number of nitrogens with one attached hydrogen (secondary N) is 3. The molecule has 0 fully saturated rings. The summed E-state index contributed by atoms with van der Waals surface area (Å²) >= 11 is 5.82. The van der Waals surface area contributed by atoms with Crippen molar-refractivity contribution >= 4 is 40.8 Å². The first-order chi connectivity index (χ1) is 14.1. The van der Waals surface area contributed by atoms with E-state index < -0.39 is 17.6 Å². The number of amides is 3. The number of aromatic nitrogens is 3. The van der Waals surface area contributed by atoms with Gasteiger partial charge in [-0.3, -0.25) is 15.0 Å². The van der Waals surface area contributed by atoms with E-state index in [9.17, 15) is 14.4 Å². The molecule has 3 amide bonds. The average Bonchev–Trinajstić information content (AvgIpc) is 3.08. The van der Waals surface area contributed by atoms with Gasteiger partial charge < -0.3 is 10.1 Å². The molecule has 0 aliphatic rings. The zero-order valence-corrected chi connectivity index (χ0v) is 17.1. The molecule has 0 bridgehead atoms. The molecule has 11 heteroatoms. The molecule has 3 rings (SSSR count). The third kappa shape index (κ3) is 5.23. The Morgan fingerprint density at radius 3 is 2.40 bits per heavy atom. The lowest BCUT2D eigenvalue weighted by molar-refractivity contribution is 0.0483. The van der Waals surface area contributed by atoms with Crippen LogP contribution in [0.1, 0.15) is 41.5 Å². The average molecular weight is 431 g/mol. The van der Waals surface area contributed by atoms with Gasteiger partial charge in [-0.2, -0.15) is 5.10 Å². The van der Waals surface area contributed by atoms with Crippen LogP contribution in [0, 0.1) is 0 Å². The monoisotopic (exact) mass is 430 g/mol. The number of nitrogens with zero attached hydrogens (tertiary/aromatic N) is 3. The summed E-state index contributed by atoms with van der Waals surface area (Å²) in [6, 6.07) is 6.42. The molecule has 30 heavy (non-hydrogen) atoms. The molecule has 0 aliphatic heterocycles. The lowest BCUT2D eigenvalue weighted by Gasteiger charge is -2.19. The molecule has 0 saturated carbocycles. The summed E-state index contributed by atoms with van der Waals surface area (Å²) in [6.45, 7) is 5.10. The second kappa shape index (κ2) is 8.37. The van der Waals surface area contributed by atoms with E-state index in [0.717, 1.165) is 0 Å². The molecular formula is C19H19ClN6O4. The van der Waals surface area contributed by atoms with Crippen molar-refractivity contribution in [2.75, 3.05) is 5.32 Å². The Morgan fingerprint density at radius 1 is 1.03 bits per heavy atom. The fourth-order valence-electron chi connectivity index (χ4n) is 2.38. The van der Waals surface area contributed by atoms with E-state index >= 15 is 0 Å². The zero-order chi connectivity index (χ0) is 21.9. The van der Waals surface area contributed by atoms with Crippen LogP contribution in [0.2, 0.25) is 5.02 Å². The summed E-state index contributed by atoms with van der Waals surface area (Å²) in [5, 5.41) is 7.28. The van der Waals surface area contributed by atoms with Crippen molar-refractivity contribution < 1.29 is 19.1 Å². The number of fused-ring (bicyclic) bond motifs is 1. The number of ether oxygens (including phenoxy) is 1. The molecule has 1 aromatic carbocycles. The van der Waals surface area contributed by atoms with Gasteiger partial charge in [-0.1, -0.05) is 11.6 Å². The largest absolute Gasteiger partial charge is 0.443 e. The highest BCUT2D eigenvalue weighted by atomic mass is 35.5. The second-order valence-corrected chi connectivity index (χ2v) is 7.65. The summed E-state index contributed by atoms with van der Waals surface area (Å²) in [5.74, 6) is -0.971. The SMILES string of the molecule is CC(C)(C)OC(=O)NNC(=O)c1cnn2cc(NC(=O)c3ccc(Cl)cc3)cnc12. The minimum Gasteiger partial charge on any atom is -0.443 e. The van der Waals surface area contributed by atoms with Crippen LogP contribution in [0.4, 0.5) is 10.5 Å². The number of carbonyl (C=O) groups excluding carboxylic acids is 3. The number of halogens is 1. The van der Waals surface area contributed by atoms with Crippen molar-refractivity contribution in [2.24, 2.45) is 0 Å². The molecule has 0 aliphatic carbocycles. The quantitative estimate of drug-likeness (QED) is 0.548. The second-order valence-electron chi connectivity index (χ2n) is 7.21. The van der Waals surface area contributed by atoms with E-state index in [1.165, 1.54) is 23.1 Å². The van der Waals surface area contributed by atoms with Crippen LogP contribution in [-0.2, 0) is 4.74 Å². The predicted octanol–water partition coefficient (Wildman–Crippen LogP) is 2.80. The molecule has 0 spiro atoms. The third-order valence-corrected chi connectivity index (χ3v) is 3.89. The number of rotatable bonds is 3. The van der Waals surface area contributed by atoms with Gasteiger partial charge in [0.2, 0.25) is 0 Å². The summed E-state index contributed by atoms with van der Waals surface area (Å²) in [4.78, 5) is 40.4. The number of anilines is 1. The van der Waals surface area contributed by atoms with Gasteiger partial charge >= 0.3 is 6.09 Å². The standard InChI is InChI=1S/C19H19ClN6O4/c1-19(2,3)30-18(29)25-24-17(28)14-9-22-26-10-13(8-21-15(14)26)23-16(27)11-4-6-12(20)7-5-11/h4-10H,1-3H3,(H,23,27)(H,24,28)(H,25,29). The molecule has 0 radical (unpaired) electrons. The van der Waals surface area contributed by atoms with Gasteiger partial charge in [-0.25, -0.2) is 19.7 Å². The van der Waals surface area contributed by atoms with Crippen LogP contribution < -0.4 is 16.2 Å². The molecule has 10 nitrogen and oxygen atoms in total. The van der Waals surface area contributed by atoms with Crippen LogP contribution in [0.15, 0.2) is 42.9 Å². The maximum absolute atomic E-state index is 12.3. The Hall–Kier alpha value is -3.66. The lowest BCUT2D eigenvalue weighted by atomic mass is 10.2. The van der Waals surface area contributed by atoms with E-state index in [-0.39, 0.29) is 17.1 Å². The van der Waals surface area contributed by atoms with Crippen molar-refractivity contribution in [1.82, 2.24) is 25.4 Å². The normalized spacial score (nSPS) is 11.1. The molecule has 2 heterocycles. The van der Waals surface area contributed by atoms with E-state index in [1.54, 1.807) is 45.0 Å². The molecular weight excluding hydrogens is 412 g/mol.